The molecule has 6 heteroatoms. The number of rotatable bonds is 4. The monoisotopic (exact) mass is 289 g/mol. The molecule has 1 aliphatic rings. The van der Waals surface area contributed by atoms with Crippen molar-refractivity contribution in [3.05, 3.63) is 40.8 Å². The van der Waals surface area contributed by atoms with E-state index >= 15 is 0 Å². The van der Waals surface area contributed by atoms with Crippen LogP contribution in [0.1, 0.15) is 12.0 Å². The van der Waals surface area contributed by atoms with Crippen molar-refractivity contribution in [2.45, 2.75) is 6.42 Å². The van der Waals surface area contributed by atoms with E-state index in [-0.39, 0.29) is 5.91 Å². The largest absolute Gasteiger partial charge is 0.280 e. The lowest BCUT2D eigenvalue weighted by Crippen LogP contribution is -2.41. The predicted octanol–water partition coefficient (Wildman–Crippen LogP) is 2.31. The van der Waals surface area contributed by atoms with E-state index in [1.165, 1.54) is 16.8 Å². The number of carbonyl (C=O) groups excluding carboxylic acids is 1. The third-order valence-corrected chi connectivity index (χ3v) is 3.70. The minimum Gasteiger partial charge on any atom is -0.267 e. The molecule has 0 radical (unpaired) electrons. The molecule has 2 rings (SSSR count). The smallest absolute Gasteiger partial charge is 0.267 e. The molecule has 1 aromatic rings. The van der Waals surface area contributed by atoms with Crippen LogP contribution in [0.3, 0.4) is 0 Å². The number of thioether (sulfide) groups is 1. The number of nitriles is 1. The fraction of sp³-hybridized carbons (Fsp3) is 0.154. The molecule has 0 spiro atoms. The maximum atomic E-state index is 12.1. The molecule has 1 amide bonds. The fourth-order valence-corrected chi connectivity index (χ4v) is 2.75. The Morgan fingerprint density at radius 1 is 1.42 bits per heavy atom. The standard InChI is InChI=1S/C13H11N3OS2/c14-7-4-8-15-16-12(17)11(19-13(16)18)9-10-5-2-1-3-6-10/h1-3,5-6,9,15H,4,8H2/b11-9-. The molecule has 0 atom stereocenters. The first-order chi connectivity index (χ1) is 9.22. The molecule has 0 saturated carbocycles. The number of hydrogen-bond donors (Lipinski definition) is 1. The van der Waals surface area contributed by atoms with Gasteiger partial charge in [0.25, 0.3) is 5.91 Å². The minimum absolute atomic E-state index is 0.170. The van der Waals surface area contributed by atoms with Crippen molar-refractivity contribution < 1.29 is 4.79 Å². The quantitative estimate of drug-likeness (QED) is 0.523. The van der Waals surface area contributed by atoms with Crippen LogP contribution in [0.2, 0.25) is 0 Å². The summed E-state index contributed by atoms with van der Waals surface area (Å²) in [5.41, 5.74) is 3.81. The van der Waals surface area contributed by atoms with Crippen LogP contribution in [-0.2, 0) is 4.79 Å². The van der Waals surface area contributed by atoms with Gasteiger partial charge in [-0.3, -0.25) is 4.79 Å². The topological polar surface area (TPSA) is 56.1 Å². The van der Waals surface area contributed by atoms with Gasteiger partial charge in [-0.25, -0.2) is 10.4 Å². The fourth-order valence-electron chi connectivity index (χ4n) is 1.53. The lowest BCUT2D eigenvalue weighted by molar-refractivity contribution is -0.124. The van der Waals surface area contributed by atoms with Gasteiger partial charge in [0.1, 0.15) is 0 Å². The molecule has 0 unspecified atom stereocenters. The third kappa shape index (κ3) is 3.41. The van der Waals surface area contributed by atoms with Crippen molar-refractivity contribution in [2.24, 2.45) is 0 Å². The summed E-state index contributed by atoms with van der Waals surface area (Å²) in [5, 5.41) is 9.80. The summed E-state index contributed by atoms with van der Waals surface area (Å²) in [6, 6.07) is 11.6. The molecule has 1 fully saturated rings. The van der Waals surface area contributed by atoms with Crippen LogP contribution in [0.4, 0.5) is 0 Å². The Morgan fingerprint density at radius 3 is 2.84 bits per heavy atom. The second-order valence-corrected chi connectivity index (χ2v) is 5.42. The summed E-state index contributed by atoms with van der Waals surface area (Å²) in [4.78, 5) is 12.7. The summed E-state index contributed by atoms with van der Waals surface area (Å²) in [7, 11) is 0. The molecule has 0 aromatic heterocycles. The second kappa shape index (κ2) is 6.48. The zero-order valence-electron chi connectivity index (χ0n) is 10.00. The summed E-state index contributed by atoms with van der Waals surface area (Å²) in [6.07, 6.45) is 2.14. The van der Waals surface area contributed by atoms with Crippen molar-refractivity contribution in [1.82, 2.24) is 10.4 Å². The van der Waals surface area contributed by atoms with Crippen molar-refractivity contribution in [2.75, 3.05) is 6.54 Å². The molecule has 1 saturated heterocycles. The highest BCUT2D eigenvalue weighted by molar-refractivity contribution is 8.26. The number of benzene rings is 1. The predicted molar refractivity (Wildman–Crippen MR) is 79.7 cm³/mol. The maximum absolute atomic E-state index is 12.1. The first-order valence-electron chi connectivity index (χ1n) is 5.66. The molecule has 0 aliphatic carbocycles. The Kier molecular flexibility index (Phi) is 4.68. The first-order valence-corrected chi connectivity index (χ1v) is 6.88. The molecular formula is C13H11N3OS2. The number of nitrogens with zero attached hydrogens (tertiary/aromatic N) is 2. The molecule has 1 N–H and O–H groups in total. The normalized spacial score (nSPS) is 17.0. The number of thiocarbonyl (C=S) groups is 1. The molecule has 4 nitrogen and oxygen atoms in total. The molecule has 1 aliphatic heterocycles. The van der Waals surface area contributed by atoms with Crippen LogP contribution in [0, 0.1) is 11.3 Å². The first kappa shape index (κ1) is 13.7. The van der Waals surface area contributed by atoms with Gasteiger partial charge < -0.3 is 0 Å². The van der Waals surface area contributed by atoms with E-state index in [2.05, 4.69) is 5.43 Å². The zero-order chi connectivity index (χ0) is 13.7. The Bertz CT molecular complexity index is 563. The van der Waals surface area contributed by atoms with Gasteiger partial charge in [-0.15, -0.1) is 0 Å². The van der Waals surface area contributed by atoms with Crippen LogP contribution in [-0.4, -0.2) is 21.8 Å². The van der Waals surface area contributed by atoms with Crippen LogP contribution in [0.5, 0.6) is 0 Å². The Balaban J connectivity index is 2.10. The second-order valence-electron chi connectivity index (χ2n) is 3.74. The average Bonchev–Trinajstić information content (AvgIpc) is 2.68. The van der Waals surface area contributed by atoms with Gasteiger partial charge in [-0.2, -0.15) is 5.26 Å². The van der Waals surface area contributed by atoms with E-state index in [0.29, 0.717) is 22.2 Å². The summed E-state index contributed by atoms with van der Waals surface area (Å²) >= 11 is 6.40. The zero-order valence-corrected chi connectivity index (χ0v) is 11.6. The Labute approximate surface area is 121 Å². The highest BCUT2D eigenvalue weighted by Crippen LogP contribution is 2.31. The molecular weight excluding hydrogens is 278 g/mol. The molecule has 1 heterocycles. The van der Waals surface area contributed by atoms with E-state index in [9.17, 15) is 4.79 Å². The van der Waals surface area contributed by atoms with Gasteiger partial charge >= 0.3 is 0 Å². The van der Waals surface area contributed by atoms with Gasteiger partial charge in [0.05, 0.1) is 11.0 Å². The molecule has 96 valence electrons. The van der Waals surface area contributed by atoms with Gasteiger partial charge in [-0.05, 0) is 11.6 Å². The third-order valence-electron chi connectivity index (χ3n) is 2.40. The lowest BCUT2D eigenvalue weighted by atomic mass is 10.2. The molecule has 1 aromatic carbocycles. The molecule has 0 bridgehead atoms. The van der Waals surface area contributed by atoms with Crippen LogP contribution >= 0.6 is 24.0 Å². The number of hydrazine groups is 1. The van der Waals surface area contributed by atoms with Crippen molar-refractivity contribution in [1.29, 1.82) is 5.26 Å². The summed E-state index contributed by atoms with van der Waals surface area (Å²) < 4.78 is 0.463. The van der Waals surface area contributed by atoms with Gasteiger partial charge in [0.2, 0.25) is 0 Å². The number of hydrogen-bond acceptors (Lipinski definition) is 5. The van der Waals surface area contributed by atoms with E-state index < -0.39 is 0 Å². The molecule has 19 heavy (non-hydrogen) atoms. The van der Waals surface area contributed by atoms with Crippen LogP contribution < -0.4 is 5.43 Å². The lowest BCUT2D eigenvalue weighted by Gasteiger charge is -2.14. The Hall–Kier alpha value is -1.68. The number of nitrogens with one attached hydrogen (secondary N) is 1. The summed E-state index contributed by atoms with van der Waals surface area (Å²) in [5.74, 6) is -0.170. The SMILES string of the molecule is N#CCCNN1C(=O)/C(=C/c2ccccc2)SC1=S. The van der Waals surface area contributed by atoms with E-state index in [1.54, 1.807) is 0 Å². The summed E-state index contributed by atoms with van der Waals surface area (Å²) in [6.45, 7) is 0.404. The van der Waals surface area contributed by atoms with Crippen molar-refractivity contribution >= 4 is 40.3 Å². The minimum atomic E-state index is -0.170. The van der Waals surface area contributed by atoms with Crippen molar-refractivity contribution in [3.8, 4) is 6.07 Å². The van der Waals surface area contributed by atoms with Gasteiger partial charge in [0.15, 0.2) is 4.32 Å². The van der Waals surface area contributed by atoms with Gasteiger partial charge in [0, 0.05) is 13.0 Å². The highest BCUT2D eigenvalue weighted by Gasteiger charge is 2.31. The van der Waals surface area contributed by atoms with E-state index in [1.807, 2.05) is 42.5 Å². The average molecular weight is 289 g/mol. The maximum Gasteiger partial charge on any atom is 0.280 e. The van der Waals surface area contributed by atoms with Crippen molar-refractivity contribution in [3.63, 3.8) is 0 Å². The van der Waals surface area contributed by atoms with E-state index in [4.69, 9.17) is 17.5 Å². The Morgan fingerprint density at radius 2 is 2.16 bits per heavy atom. The van der Waals surface area contributed by atoms with E-state index in [0.717, 1.165) is 5.56 Å². The number of carbonyl (C=O) groups is 1. The number of amides is 1. The van der Waals surface area contributed by atoms with Crippen LogP contribution in [0.25, 0.3) is 6.08 Å². The van der Waals surface area contributed by atoms with Crippen LogP contribution in [0.15, 0.2) is 35.2 Å². The highest BCUT2D eigenvalue weighted by atomic mass is 32.2. The van der Waals surface area contributed by atoms with Gasteiger partial charge in [-0.1, -0.05) is 54.3 Å².